The van der Waals surface area contributed by atoms with Gasteiger partial charge in [-0.25, -0.2) is 23.0 Å². The quantitative estimate of drug-likeness (QED) is 0.326. The molecule has 1 aromatic carbocycles. The zero-order valence-electron chi connectivity index (χ0n) is 6.24. The van der Waals surface area contributed by atoms with Gasteiger partial charge in [-0.05, 0) is 6.07 Å². The molecular weight excluding hydrogens is 190 g/mol. The van der Waals surface area contributed by atoms with Crippen molar-refractivity contribution in [3.05, 3.63) is 34.9 Å². The molecule has 0 unspecified atom stereocenters. The van der Waals surface area contributed by atoms with Gasteiger partial charge >= 0.3 is 0 Å². The molecule has 2 N–H and O–H groups in total. The third-order valence-electron chi connectivity index (χ3n) is 1.45. The van der Waals surface area contributed by atoms with E-state index in [0.717, 1.165) is 0 Å². The highest BCUT2D eigenvalue weighted by Crippen LogP contribution is 2.18. The molecule has 2 nitrogen and oxygen atoms in total. The number of rotatable bonds is 2. The lowest BCUT2D eigenvalue weighted by Crippen LogP contribution is -2.10. The van der Waals surface area contributed by atoms with E-state index in [1.807, 2.05) is 0 Å². The zero-order valence-corrected chi connectivity index (χ0v) is 6.24. The fourth-order valence-corrected chi connectivity index (χ4v) is 0.836. The number of hydrogen-bond acceptors (Lipinski definition) is 2. The Morgan fingerprint density at radius 1 is 1.08 bits per heavy atom. The number of nitrogens with one attached hydrogen (secondary N) is 1. The third kappa shape index (κ3) is 1.78. The molecule has 0 aliphatic rings. The van der Waals surface area contributed by atoms with Crippen LogP contribution in [0, 0.1) is 23.3 Å². The van der Waals surface area contributed by atoms with Gasteiger partial charge in [0.25, 0.3) is 0 Å². The van der Waals surface area contributed by atoms with Crippen LogP contribution in [0.3, 0.4) is 0 Å². The van der Waals surface area contributed by atoms with Crippen LogP contribution in [0.5, 0.6) is 0 Å². The molecule has 0 spiro atoms. The Labute approximate surface area is 70.8 Å². The molecule has 0 aromatic heterocycles. The van der Waals surface area contributed by atoms with Crippen LogP contribution in [0.2, 0.25) is 0 Å². The monoisotopic (exact) mass is 195 g/mol. The van der Waals surface area contributed by atoms with E-state index in [2.05, 4.69) is 0 Å². The zero-order chi connectivity index (χ0) is 10.0. The average Bonchev–Trinajstić information content (AvgIpc) is 2.11. The smallest absolute Gasteiger partial charge is 0.197 e. The second kappa shape index (κ2) is 3.71. The molecule has 0 aliphatic heterocycles. The highest BCUT2D eigenvalue weighted by molar-refractivity contribution is 5.21. The van der Waals surface area contributed by atoms with Crippen LogP contribution in [0.15, 0.2) is 6.07 Å². The first kappa shape index (κ1) is 9.94. The van der Waals surface area contributed by atoms with Crippen molar-refractivity contribution in [3.8, 4) is 0 Å². The van der Waals surface area contributed by atoms with Crippen LogP contribution in [-0.4, -0.2) is 5.21 Å². The summed E-state index contributed by atoms with van der Waals surface area (Å²) >= 11 is 0. The SMILES string of the molecule is ONCc1cc(F)c(F)c(F)c1F. The number of benzene rings is 1. The Morgan fingerprint density at radius 3 is 2.23 bits per heavy atom. The molecule has 0 saturated carbocycles. The molecule has 1 aromatic rings. The summed E-state index contributed by atoms with van der Waals surface area (Å²) in [5.74, 6) is -6.76. The normalized spacial score (nSPS) is 10.5. The maximum atomic E-state index is 12.7. The number of hydroxylamine groups is 1. The molecule has 0 bridgehead atoms. The molecule has 0 heterocycles. The standard InChI is InChI=1S/C7H5F4NO/c8-4-1-3(2-12-13)5(9)7(11)6(4)10/h1,12-13H,2H2. The minimum atomic E-state index is -1.88. The van der Waals surface area contributed by atoms with Gasteiger partial charge in [0.1, 0.15) is 0 Å². The van der Waals surface area contributed by atoms with Gasteiger partial charge in [-0.15, -0.1) is 0 Å². The van der Waals surface area contributed by atoms with Crippen molar-refractivity contribution in [2.75, 3.05) is 0 Å². The average molecular weight is 195 g/mol. The lowest BCUT2D eigenvalue weighted by molar-refractivity contribution is 0.159. The van der Waals surface area contributed by atoms with E-state index >= 15 is 0 Å². The summed E-state index contributed by atoms with van der Waals surface area (Å²) in [6.45, 7) is -0.500. The lowest BCUT2D eigenvalue weighted by atomic mass is 10.2. The molecule has 1 rings (SSSR count). The second-order valence-corrected chi connectivity index (χ2v) is 2.29. The summed E-state index contributed by atoms with van der Waals surface area (Å²) < 4.78 is 50.0. The van der Waals surface area contributed by atoms with E-state index in [9.17, 15) is 17.6 Å². The lowest BCUT2D eigenvalue weighted by Gasteiger charge is -2.03. The van der Waals surface area contributed by atoms with Crippen molar-refractivity contribution in [3.63, 3.8) is 0 Å². The van der Waals surface area contributed by atoms with E-state index in [1.165, 1.54) is 5.48 Å². The Kier molecular flexibility index (Phi) is 2.84. The fraction of sp³-hybridized carbons (Fsp3) is 0.143. The fourth-order valence-electron chi connectivity index (χ4n) is 0.836. The molecule has 0 aliphatic carbocycles. The van der Waals surface area contributed by atoms with Crippen LogP contribution < -0.4 is 5.48 Å². The van der Waals surface area contributed by atoms with Crippen LogP contribution in [0.4, 0.5) is 17.6 Å². The highest BCUT2D eigenvalue weighted by Gasteiger charge is 2.17. The van der Waals surface area contributed by atoms with Gasteiger partial charge in [-0.1, -0.05) is 0 Å². The van der Waals surface area contributed by atoms with Crippen molar-refractivity contribution in [2.24, 2.45) is 0 Å². The summed E-state index contributed by atoms with van der Waals surface area (Å²) in [6.07, 6.45) is 0. The second-order valence-electron chi connectivity index (χ2n) is 2.29. The summed E-state index contributed by atoms with van der Waals surface area (Å²) in [7, 11) is 0. The first-order valence-electron chi connectivity index (χ1n) is 3.26. The van der Waals surface area contributed by atoms with Crippen LogP contribution in [0.25, 0.3) is 0 Å². The predicted octanol–water partition coefficient (Wildman–Crippen LogP) is 1.72. The Bertz CT molecular complexity index is 329. The number of hydrogen-bond donors (Lipinski definition) is 2. The van der Waals surface area contributed by atoms with Gasteiger partial charge in [0.05, 0.1) is 0 Å². The van der Waals surface area contributed by atoms with E-state index in [1.54, 1.807) is 0 Å². The van der Waals surface area contributed by atoms with Crippen molar-refractivity contribution >= 4 is 0 Å². The van der Waals surface area contributed by atoms with Gasteiger partial charge in [-0.3, -0.25) is 0 Å². The molecule has 6 heteroatoms. The maximum absolute atomic E-state index is 12.7. The van der Waals surface area contributed by atoms with Crippen molar-refractivity contribution in [1.29, 1.82) is 0 Å². The largest absolute Gasteiger partial charge is 0.316 e. The van der Waals surface area contributed by atoms with Crippen molar-refractivity contribution < 1.29 is 22.8 Å². The molecule has 13 heavy (non-hydrogen) atoms. The third-order valence-corrected chi connectivity index (χ3v) is 1.45. The molecular formula is C7H5F4NO. The minimum Gasteiger partial charge on any atom is -0.316 e. The van der Waals surface area contributed by atoms with E-state index in [-0.39, 0.29) is 0 Å². The Balaban J connectivity index is 3.24. The van der Waals surface area contributed by atoms with Crippen LogP contribution in [0.1, 0.15) is 5.56 Å². The molecule has 0 fully saturated rings. The Morgan fingerprint density at radius 2 is 1.69 bits per heavy atom. The van der Waals surface area contributed by atoms with Gasteiger partial charge in [-0.2, -0.15) is 0 Å². The van der Waals surface area contributed by atoms with Crippen molar-refractivity contribution in [2.45, 2.75) is 6.54 Å². The maximum Gasteiger partial charge on any atom is 0.197 e. The molecule has 0 atom stereocenters. The van der Waals surface area contributed by atoms with Gasteiger partial charge in [0.2, 0.25) is 0 Å². The summed E-state index contributed by atoms with van der Waals surface area (Å²) in [4.78, 5) is 0. The highest BCUT2D eigenvalue weighted by atomic mass is 19.2. The van der Waals surface area contributed by atoms with Gasteiger partial charge in [0, 0.05) is 12.1 Å². The van der Waals surface area contributed by atoms with Crippen LogP contribution >= 0.6 is 0 Å². The Hall–Kier alpha value is -1.14. The van der Waals surface area contributed by atoms with Crippen LogP contribution in [-0.2, 0) is 6.54 Å². The summed E-state index contributed by atoms with van der Waals surface area (Å²) in [5, 5.41) is 8.14. The van der Waals surface area contributed by atoms with E-state index in [4.69, 9.17) is 5.21 Å². The van der Waals surface area contributed by atoms with E-state index in [0.29, 0.717) is 6.07 Å². The summed E-state index contributed by atoms with van der Waals surface area (Å²) in [6, 6.07) is 0.469. The minimum absolute atomic E-state index is 0.469. The van der Waals surface area contributed by atoms with Gasteiger partial charge in [0.15, 0.2) is 23.3 Å². The first-order chi connectivity index (χ1) is 6.07. The molecule has 0 amide bonds. The van der Waals surface area contributed by atoms with Gasteiger partial charge < -0.3 is 5.21 Å². The molecule has 0 radical (unpaired) electrons. The molecule has 0 saturated heterocycles. The first-order valence-corrected chi connectivity index (χ1v) is 3.26. The summed E-state index contributed by atoms with van der Waals surface area (Å²) in [5.41, 5.74) is 1.02. The predicted molar refractivity (Wildman–Crippen MR) is 34.9 cm³/mol. The molecule has 72 valence electrons. The van der Waals surface area contributed by atoms with Crippen molar-refractivity contribution in [1.82, 2.24) is 5.48 Å². The van der Waals surface area contributed by atoms with E-state index < -0.39 is 35.4 Å². The topological polar surface area (TPSA) is 32.3 Å². The number of halogens is 4.